The molecule has 8 nitrogen and oxygen atoms in total. The topological polar surface area (TPSA) is 82.2 Å². The average Bonchev–Trinajstić information content (AvgIpc) is 3.47. The van der Waals surface area contributed by atoms with Gasteiger partial charge in [0.15, 0.2) is 5.60 Å². The summed E-state index contributed by atoms with van der Waals surface area (Å²) in [6.07, 6.45) is 1.53. The number of anilines is 1. The molecule has 0 radical (unpaired) electrons. The van der Waals surface area contributed by atoms with Crippen molar-refractivity contribution in [1.82, 2.24) is 14.7 Å². The summed E-state index contributed by atoms with van der Waals surface area (Å²) in [6.45, 7) is 1.95. The van der Waals surface area contributed by atoms with Crippen molar-refractivity contribution in [1.29, 1.82) is 0 Å². The number of nitrogens with zero attached hydrogens (tertiary/aromatic N) is 3. The summed E-state index contributed by atoms with van der Waals surface area (Å²) in [4.78, 5) is 42.5. The second-order valence-electron chi connectivity index (χ2n) is 8.12. The Balaban J connectivity index is 1.26. The number of hydrogen-bond acceptors (Lipinski definition) is 4. The Hall–Kier alpha value is -2.19. The summed E-state index contributed by atoms with van der Waals surface area (Å²) >= 11 is 11.9. The van der Waals surface area contributed by atoms with E-state index in [1.165, 1.54) is 0 Å². The van der Waals surface area contributed by atoms with Gasteiger partial charge in [-0.2, -0.15) is 0 Å². The molecule has 1 unspecified atom stereocenters. The van der Waals surface area contributed by atoms with Crippen LogP contribution in [0, 0.1) is 5.92 Å². The third kappa shape index (κ3) is 3.18. The number of amides is 4. The van der Waals surface area contributed by atoms with Crippen LogP contribution in [0.5, 0.6) is 0 Å². The lowest BCUT2D eigenvalue weighted by Crippen LogP contribution is -2.72. The Morgan fingerprint density at radius 3 is 2.55 bits per heavy atom. The van der Waals surface area contributed by atoms with E-state index in [2.05, 4.69) is 5.32 Å². The number of rotatable bonds is 2. The average molecular weight is 439 g/mol. The summed E-state index contributed by atoms with van der Waals surface area (Å²) in [5, 5.41) is 3.59. The van der Waals surface area contributed by atoms with Crippen molar-refractivity contribution in [2.75, 3.05) is 38.0 Å². The SMILES string of the molecule is O=C(Nc1ccc(Cl)c(Cl)c1)N1CCN2C(=O)OC3(CN(C(=O)C4CC4)C3)C2C1. The molecule has 4 aliphatic rings. The molecule has 0 aromatic heterocycles. The molecule has 1 saturated carbocycles. The lowest BCUT2D eigenvalue weighted by molar-refractivity contribution is -0.156. The van der Waals surface area contributed by atoms with Crippen LogP contribution in [0.25, 0.3) is 0 Å². The maximum Gasteiger partial charge on any atom is 0.411 e. The van der Waals surface area contributed by atoms with Crippen molar-refractivity contribution in [3.05, 3.63) is 28.2 Å². The highest BCUT2D eigenvalue weighted by atomic mass is 35.5. The van der Waals surface area contributed by atoms with Gasteiger partial charge in [0.1, 0.15) is 0 Å². The van der Waals surface area contributed by atoms with E-state index in [-0.39, 0.29) is 30.0 Å². The quantitative estimate of drug-likeness (QED) is 0.769. The molecule has 10 heteroatoms. The molecule has 1 aromatic carbocycles. The van der Waals surface area contributed by atoms with Gasteiger partial charge in [0, 0.05) is 31.2 Å². The maximum absolute atomic E-state index is 12.8. The summed E-state index contributed by atoms with van der Waals surface area (Å²) in [7, 11) is 0. The predicted molar refractivity (Wildman–Crippen MR) is 106 cm³/mol. The van der Waals surface area contributed by atoms with E-state index in [9.17, 15) is 14.4 Å². The highest BCUT2D eigenvalue weighted by molar-refractivity contribution is 6.42. The Morgan fingerprint density at radius 1 is 1.10 bits per heavy atom. The van der Waals surface area contributed by atoms with Gasteiger partial charge in [-0.3, -0.25) is 9.69 Å². The number of piperazine rings is 1. The van der Waals surface area contributed by atoms with Crippen molar-refractivity contribution in [2.24, 2.45) is 5.92 Å². The van der Waals surface area contributed by atoms with Crippen molar-refractivity contribution < 1.29 is 19.1 Å². The number of hydrogen-bond donors (Lipinski definition) is 1. The molecular formula is C19H20Cl2N4O4. The second-order valence-corrected chi connectivity index (χ2v) is 8.93. The zero-order valence-corrected chi connectivity index (χ0v) is 17.1. The number of carbonyl (C=O) groups excluding carboxylic acids is 3. The van der Waals surface area contributed by atoms with Crippen LogP contribution in [0.4, 0.5) is 15.3 Å². The standard InChI is InChI=1S/C19H20Cl2N4O4/c20-13-4-3-12(7-14(13)21)22-17(27)23-5-6-25-15(8-23)19(29-18(25)28)9-24(10-19)16(26)11-1-2-11/h3-4,7,11,15H,1-2,5-6,8-10H2,(H,22,27). The first-order valence-corrected chi connectivity index (χ1v) is 10.4. The number of carbonyl (C=O) groups is 3. The molecule has 3 heterocycles. The summed E-state index contributed by atoms with van der Waals surface area (Å²) in [5.41, 5.74) is -0.172. The minimum Gasteiger partial charge on any atom is -0.437 e. The van der Waals surface area contributed by atoms with E-state index < -0.39 is 5.60 Å². The first-order chi connectivity index (χ1) is 13.9. The normalized spacial score (nSPS) is 24.8. The van der Waals surface area contributed by atoms with Crippen LogP contribution in [0.15, 0.2) is 18.2 Å². The summed E-state index contributed by atoms with van der Waals surface area (Å²) in [6, 6.07) is 4.36. The summed E-state index contributed by atoms with van der Waals surface area (Å²) < 4.78 is 5.69. The Labute approximate surface area is 177 Å². The van der Waals surface area contributed by atoms with Gasteiger partial charge in [-0.15, -0.1) is 0 Å². The van der Waals surface area contributed by atoms with E-state index in [1.54, 1.807) is 32.9 Å². The fourth-order valence-electron chi connectivity index (χ4n) is 4.33. The Bertz CT molecular complexity index is 900. The van der Waals surface area contributed by atoms with E-state index >= 15 is 0 Å². The molecule has 4 fully saturated rings. The van der Waals surface area contributed by atoms with Crippen molar-refractivity contribution in [2.45, 2.75) is 24.5 Å². The van der Waals surface area contributed by atoms with Gasteiger partial charge in [-0.05, 0) is 31.0 Å². The number of nitrogens with one attached hydrogen (secondary N) is 1. The van der Waals surface area contributed by atoms with Crippen molar-refractivity contribution in [3.63, 3.8) is 0 Å². The number of fused-ring (bicyclic) bond motifs is 2. The van der Waals surface area contributed by atoms with Crippen LogP contribution in [0.3, 0.4) is 0 Å². The lowest BCUT2D eigenvalue weighted by Gasteiger charge is -2.51. The van der Waals surface area contributed by atoms with Crippen molar-refractivity contribution in [3.8, 4) is 0 Å². The third-order valence-corrected chi connectivity index (χ3v) is 6.87. The Kier molecular flexibility index (Phi) is 4.33. The predicted octanol–water partition coefficient (Wildman–Crippen LogP) is 2.65. The van der Waals surface area contributed by atoms with E-state index in [0.29, 0.717) is 48.5 Å². The van der Waals surface area contributed by atoms with Crippen LogP contribution < -0.4 is 5.32 Å². The number of ether oxygens (including phenoxy) is 1. The third-order valence-electron chi connectivity index (χ3n) is 6.13. The molecule has 0 bridgehead atoms. The first-order valence-electron chi connectivity index (χ1n) is 9.66. The fraction of sp³-hybridized carbons (Fsp3) is 0.526. The molecule has 1 spiro atoms. The smallest absolute Gasteiger partial charge is 0.411 e. The highest BCUT2D eigenvalue weighted by Gasteiger charge is 2.63. The molecule has 4 amide bonds. The molecule has 1 aliphatic carbocycles. The highest BCUT2D eigenvalue weighted by Crippen LogP contribution is 2.42. The van der Waals surface area contributed by atoms with Crippen LogP contribution in [0.1, 0.15) is 12.8 Å². The largest absolute Gasteiger partial charge is 0.437 e. The van der Waals surface area contributed by atoms with Crippen LogP contribution >= 0.6 is 23.2 Å². The molecule has 3 aliphatic heterocycles. The zero-order valence-electron chi connectivity index (χ0n) is 15.6. The molecular weight excluding hydrogens is 419 g/mol. The summed E-state index contributed by atoms with van der Waals surface area (Å²) in [5.74, 6) is 0.288. The minimum atomic E-state index is -0.718. The number of urea groups is 1. The molecule has 29 heavy (non-hydrogen) atoms. The van der Waals surface area contributed by atoms with Gasteiger partial charge in [-0.1, -0.05) is 23.2 Å². The van der Waals surface area contributed by atoms with E-state index in [0.717, 1.165) is 12.8 Å². The number of likely N-dealkylation sites (tertiary alicyclic amines) is 1. The van der Waals surface area contributed by atoms with E-state index in [4.69, 9.17) is 27.9 Å². The van der Waals surface area contributed by atoms with Gasteiger partial charge >= 0.3 is 12.1 Å². The van der Waals surface area contributed by atoms with Gasteiger partial charge in [0.2, 0.25) is 5.91 Å². The van der Waals surface area contributed by atoms with Crippen LogP contribution in [-0.4, -0.2) is 77.1 Å². The van der Waals surface area contributed by atoms with Gasteiger partial charge in [0.25, 0.3) is 0 Å². The van der Waals surface area contributed by atoms with Crippen LogP contribution in [0.2, 0.25) is 10.0 Å². The first kappa shape index (κ1) is 18.8. The molecule has 154 valence electrons. The maximum atomic E-state index is 12.8. The molecule has 3 saturated heterocycles. The van der Waals surface area contributed by atoms with Gasteiger partial charge in [0.05, 0.1) is 29.2 Å². The molecule has 1 N–H and O–H groups in total. The monoisotopic (exact) mass is 438 g/mol. The second kappa shape index (κ2) is 6.67. The molecule has 1 aromatic rings. The lowest BCUT2D eigenvalue weighted by atomic mass is 9.84. The zero-order chi connectivity index (χ0) is 20.3. The Morgan fingerprint density at radius 2 is 1.86 bits per heavy atom. The number of benzene rings is 1. The van der Waals surface area contributed by atoms with Crippen LogP contribution in [-0.2, 0) is 9.53 Å². The van der Waals surface area contributed by atoms with E-state index in [1.807, 2.05) is 0 Å². The van der Waals surface area contributed by atoms with Crippen molar-refractivity contribution >= 4 is 46.9 Å². The minimum absolute atomic E-state index is 0.139. The molecule has 5 rings (SSSR count). The van der Waals surface area contributed by atoms with Gasteiger partial charge < -0.3 is 19.9 Å². The fourth-order valence-corrected chi connectivity index (χ4v) is 4.63. The number of halogens is 2. The molecule has 1 atom stereocenters. The van der Waals surface area contributed by atoms with Gasteiger partial charge in [-0.25, -0.2) is 9.59 Å².